The topological polar surface area (TPSA) is 64.0 Å². The van der Waals surface area contributed by atoms with Crippen LogP contribution in [0, 0.1) is 0 Å². The molecule has 2 aromatic carbocycles. The number of nitrogens with zero attached hydrogens (tertiary/aromatic N) is 2. The van der Waals surface area contributed by atoms with Crippen molar-refractivity contribution in [2.75, 3.05) is 12.3 Å². The second-order valence-corrected chi connectivity index (χ2v) is 9.89. The van der Waals surface area contributed by atoms with Gasteiger partial charge in [-0.1, -0.05) is 65.8 Å². The standard InChI is InChI=1S/C25H24ClN3O2S2/c26-20-10-8-19(9-11-20)12-15-29-24(31)23-21(13-16-32-23)28-25(29)33-17-22(30)27-14-4-7-18-5-2-1-3-6-18/h1-3,5-6,8-11,13,16H,4,7,12,14-15,17H2,(H,27,30). The van der Waals surface area contributed by atoms with E-state index in [0.29, 0.717) is 39.9 Å². The molecule has 0 atom stereocenters. The fourth-order valence-corrected chi connectivity index (χ4v) is 5.23. The van der Waals surface area contributed by atoms with Gasteiger partial charge in [0.25, 0.3) is 5.56 Å². The number of fused-ring (bicyclic) bond motifs is 1. The zero-order chi connectivity index (χ0) is 23.0. The molecular weight excluding hydrogens is 474 g/mol. The predicted octanol–water partition coefficient (Wildman–Crippen LogP) is 5.20. The number of rotatable bonds is 10. The Morgan fingerprint density at radius 2 is 1.79 bits per heavy atom. The lowest BCUT2D eigenvalue weighted by molar-refractivity contribution is -0.118. The van der Waals surface area contributed by atoms with Crippen LogP contribution in [0.4, 0.5) is 0 Å². The van der Waals surface area contributed by atoms with Gasteiger partial charge < -0.3 is 5.32 Å². The number of halogens is 1. The Hall–Kier alpha value is -2.61. The molecule has 33 heavy (non-hydrogen) atoms. The van der Waals surface area contributed by atoms with Gasteiger partial charge in [-0.15, -0.1) is 11.3 Å². The first-order valence-corrected chi connectivity index (χ1v) is 13.0. The van der Waals surface area contributed by atoms with Crippen LogP contribution in [0.3, 0.4) is 0 Å². The molecule has 2 heterocycles. The van der Waals surface area contributed by atoms with Crippen molar-refractivity contribution >= 4 is 50.8 Å². The maximum Gasteiger partial charge on any atom is 0.272 e. The highest BCUT2D eigenvalue weighted by Crippen LogP contribution is 2.21. The molecule has 0 saturated heterocycles. The van der Waals surface area contributed by atoms with Gasteiger partial charge in [-0.25, -0.2) is 4.98 Å². The molecule has 1 N–H and O–H groups in total. The van der Waals surface area contributed by atoms with Crippen LogP contribution in [0.1, 0.15) is 17.5 Å². The quantitative estimate of drug-likeness (QED) is 0.186. The van der Waals surface area contributed by atoms with Crippen LogP contribution < -0.4 is 10.9 Å². The van der Waals surface area contributed by atoms with E-state index < -0.39 is 0 Å². The van der Waals surface area contributed by atoms with E-state index >= 15 is 0 Å². The molecule has 0 unspecified atom stereocenters. The molecule has 0 bridgehead atoms. The van der Waals surface area contributed by atoms with E-state index in [9.17, 15) is 9.59 Å². The molecule has 4 aromatic rings. The van der Waals surface area contributed by atoms with Gasteiger partial charge in [0.2, 0.25) is 5.91 Å². The Labute approximate surface area is 205 Å². The molecule has 170 valence electrons. The normalized spacial score (nSPS) is 11.1. The van der Waals surface area contributed by atoms with Crippen molar-refractivity contribution in [3.63, 3.8) is 0 Å². The van der Waals surface area contributed by atoms with Crippen molar-refractivity contribution in [1.82, 2.24) is 14.9 Å². The van der Waals surface area contributed by atoms with Crippen LogP contribution in [0.2, 0.25) is 5.02 Å². The molecule has 0 aliphatic rings. The highest BCUT2D eigenvalue weighted by molar-refractivity contribution is 7.99. The largest absolute Gasteiger partial charge is 0.355 e. The molecule has 0 aliphatic heterocycles. The summed E-state index contributed by atoms with van der Waals surface area (Å²) in [4.78, 5) is 30.1. The highest BCUT2D eigenvalue weighted by Gasteiger charge is 2.14. The number of hydrogen-bond acceptors (Lipinski definition) is 5. The molecule has 1 amide bonds. The zero-order valence-corrected chi connectivity index (χ0v) is 20.4. The van der Waals surface area contributed by atoms with Crippen LogP contribution >= 0.6 is 34.7 Å². The number of carbonyl (C=O) groups is 1. The summed E-state index contributed by atoms with van der Waals surface area (Å²) in [6.45, 7) is 1.11. The Bertz CT molecular complexity index is 1270. The van der Waals surface area contributed by atoms with Gasteiger partial charge in [0.15, 0.2) is 5.16 Å². The van der Waals surface area contributed by atoms with Crippen LogP contribution in [-0.4, -0.2) is 27.8 Å². The van der Waals surface area contributed by atoms with E-state index in [1.165, 1.54) is 28.7 Å². The van der Waals surface area contributed by atoms with Gasteiger partial charge in [-0.2, -0.15) is 0 Å². The first-order chi connectivity index (χ1) is 16.1. The highest BCUT2D eigenvalue weighted by atomic mass is 35.5. The second kappa shape index (κ2) is 11.5. The maximum atomic E-state index is 13.1. The molecule has 0 saturated carbocycles. The van der Waals surface area contributed by atoms with Crippen molar-refractivity contribution in [2.45, 2.75) is 31.0 Å². The van der Waals surface area contributed by atoms with Crippen LogP contribution in [0.15, 0.2) is 76.0 Å². The third-order valence-electron chi connectivity index (χ3n) is 5.21. The number of benzene rings is 2. The number of aryl methyl sites for hydroxylation is 2. The van der Waals surface area contributed by atoms with E-state index in [2.05, 4.69) is 22.4 Å². The molecule has 0 aliphatic carbocycles. The number of thioether (sulfide) groups is 1. The summed E-state index contributed by atoms with van der Waals surface area (Å²) >= 11 is 8.67. The lowest BCUT2D eigenvalue weighted by atomic mass is 10.1. The molecule has 0 fully saturated rings. The third kappa shape index (κ3) is 6.47. The summed E-state index contributed by atoms with van der Waals surface area (Å²) in [5.74, 6) is 0.158. The number of carbonyl (C=O) groups excluding carboxylic acids is 1. The predicted molar refractivity (Wildman–Crippen MR) is 138 cm³/mol. The van der Waals surface area contributed by atoms with Crippen LogP contribution in [-0.2, 0) is 24.2 Å². The van der Waals surface area contributed by atoms with E-state index in [0.717, 1.165) is 18.4 Å². The molecular formula is C25H24ClN3O2S2. The number of amides is 1. The van der Waals surface area contributed by atoms with Crippen LogP contribution in [0.5, 0.6) is 0 Å². The van der Waals surface area contributed by atoms with E-state index in [4.69, 9.17) is 11.6 Å². The Kier molecular flexibility index (Phi) is 8.20. The van der Waals surface area contributed by atoms with Gasteiger partial charge in [0.1, 0.15) is 4.70 Å². The van der Waals surface area contributed by atoms with E-state index in [1.54, 1.807) is 4.57 Å². The smallest absolute Gasteiger partial charge is 0.272 e. The van der Waals surface area contributed by atoms with Gasteiger partial charge in [-0.3, -0.25) is 14.2 Å². The maximum absolute atomic E-state index is 13.1. The fourth-order valence-electron chi connectivity index (χ4n) is 3.47. The van der Waals surface area contributed by atoms with Gasteiger partial charge in [0, 0.05) is 18.1 Å². The summed E-state index contributed by atoms with van der Waals surface area (Å²) in [5.41, 5.74) is 2.97. The lowest BCUT2D eigenvalue weighted by Crippen LogP contribution is -2.28. The number of aromatic nitrogens is 2. The summed E-state index contributed by atoms with van der Waals surface area (Å²) in [7, 11) is 0. The monoisotopic (exact) mass is 497 g/mol. The van der Waals surface area contributed by atoms with Crippen molar-refractivity contribution in [3.05, 3.63) is 92.5 Å². The summed E-state index contributed by atoms with van der Waals surface area (Å²) in [6.07, 6.45) is 2.48. The molecule has 5 nitrogen and oxygen atoms in total. The first-order valence-electron chi connectivity index (χ1n) is 10.8. The van der Waals surface area contributed by atoms with Crippen LogP contribution in [0.25, 0.3) is 10.2 Å². The van der Waals surface area contributed by atoms with Gasteiger partial charge in [-0.05, 0) is 54.0 Å². The average Bonchev–Trinajstić information content (AvgIpc) is 3.31. The van der Waals surface area contributed by atoms with E-state index in [1.807, 2.05) is 53.9 Å². The lowest BCUT2D eigenvalue weighted by Gasteiger charge is -2.12. The molecule has 8 heteroatoms. The third-order valence-corrected chi connectivity index (χ3v) is 7.33. The van der Waals surface area contributed by atoms with E-state index in [-0.39, 0.29) is 17.2 Å². The Morgan fingerprint density at radius 1 is 1.03 bits per heavy atom. The minimum Gasteiger partial charge on any atom is -0.355 e. The van der Waals surface area contributed by atoms with Crippen molar-refractivity contribution < 1.29 is 4.79 Å². The number of thiophene rings is 1. The summed E-state index contributed by atoms with van der Waals surface area (Å²) in [5, 5.41) is 6.09. The summed E-state index contributed by atoms with van der Waals surface area (Å²) < 4.78 is 2.32. The van der Waals surface area contributed by atoms with Gasteiger partial charge >= 0.3 is 0 Å². The zero-order valence-electron chi connectivity index (χ0n) is 18.0. The molecule has 2 aromatic heterocycles. The SMILES string of the molecule is O=C(CSc1nc2ccsc2c(=O)n1CCc1ccc(Cl)cc1)NCCCc1ccccc1. The minimum absolute atomic E-state index is 0.0584. The first kappa shape index (κ1) is 23.5. The molecule has 0 radical (unpaired) electrons. The molecule has 0 spiro atoms. The average molecular weight is 498 g/mol. The number of hydrogen-bond donors (Lipinski definition) is 1. The Balaban J connectivity index is 1.37. The number of nitrogens with one attached hydrogen (secondary N) is 1. The van der Waals surface area contributed by atoms with Crippen molar-refractivity contribution in [3.8, 4) is 0 Å². The summed E-state index contributed by atoms with van der Waals surface area (Å²) in [6, 6.07) is 19.7. The minimum atomic E-state index is -0.0604. The van der Waals surface area contributed by atoms with Crippen molar-refractivity contribution in [2.24, 2.45) is 0 Å². The van der Waals surface area contributed by atoms with Crippen molar-refractivity contribution in [1.29, 1.82) is 0 Å². The Morgan fingerprint density at radius 3 is 2.58 bits per heavy atom. The second-order valence-electron chi connectivity index (χ2n) is 7.59. The fraction of sp³-hybridized carbons (Fsp3) is 0.240. The van der Waals surface area contributed by atoms with Gasteiger partial charge in [0.05, 0.1) is 11.3 Å². The molecule has 4 rings (SSSR count).